The highest BCUT2D eigenvalue weighted by Gasteiger charge is 2.12. The molecule has 0 unspecified atom stereocenters. The molecule has 3 aromatic rings. The van der Waals surface area contributed by atoms with Gasteiger partial charge in [0.2, 0.25) is 5.95 Å². The Morgan fingerprint density at radius 3 is 2.28 bits per heavy atom. The second kappa shape index (κ2) is 7.35. The van der Waals surface area contributed by atoms with Gasteiger partial charge in [0.1, 0.15) is 0 Å². The number of hydrazine groups is 1. The maximum atomic E-state index is 12.8. The number of anilines is 1. The van der Waals surface area contributed by atoms with Crippen molar-refractivity contribution in [3.8, 4) is 0 Å². The van der Waals surface area contributed by atoms with E-state index in [-0.39, 0.29) is 5.78 Å². The van der Waals surface area contributed by atoms with Crippen LogP contribution >= 0.6 is 0 Å². The zero-order chi connectivity index (χ0) is 17.6. The topological polar surface area (TPSA) is 71.1 Å². The zero-order valence-electron chi connectivity index (χ0n) is 13.1. The summed E-state index contributed by atoms with van der Waals surface area (Å²) in [6, 6.07) is 17.9. The number of rotatable bonds is 5. The monoisotopic (exact) mass is 335 g/mol. The van der Waals surface area contributed by atoms with Crippen LogP contribution in [0.2, 0.25) is 0 Å². The molecule has 5 nitrogen and oxygen atoms in total. The first kappa shape index (κ1) is 16.3. The minimum atomic E-state index is -0.607. The number of halogens is 1. The van der Waals surface area contributed by atoms with Crippen LogP contribution in [0.15, 0.2) is 72.9 Å². The van der Waals surface area contributed by atoms with Crippen molar-refractivity contribution in [3.63, 3.8) is 0 Å². The van der Waals surface area contributed by atoms with Crippen molar-refractivity contribution >= 4 is 17.4 Å². The molecule has 2 N–H and O–H groups in total. The third-order valence-corrected chi connectivity index (χ3v) is 3.47. The molecule has 124 valence electrons. The van der Waals surface area contributed by atoms with E-state index < -0.39 is 11.9 Å². The molecule has 25 heavy (non-hydrogen) atoms. The molecule has 0 aliphatic carbocycles. The molecule has 0 saturated carbocycles. The summed E-state index contributed by atoms with van der Waals surface area (Å²) >= 11 is 0. The Morgan fingerprint density at radius 1 is 0.840 bits per heavy atom. The van der Waals surface area contributed by atoms with Crippen molar-refractivity contribution in [2.45, 2.75) is 0 Å². The van der Waals surface area contributed by atoms with Gasteiger partial charge in [0.05, 0.1) is 11.9 Å². The van der Waals surface area contributed by atoms with Gasteiger partial charge in [0, 0.05) is 16.7 Å². The Hall–Kier alpha value is -3.54. The molecule has 0 spiro atoms. The number of benzene rings is 2. The molecular weight excluding hydrogens is 321 g/mol. The predicted molar refractivity (Wildman–Crippen MR) is 91.6 cm³/mol. The Bertz CT molecular complexity index is 896. The molecule has 0 aliphatic rings. The Morgan fingerprint density at radius 2 is 1.56 bits per heavy atom. The number of aromatic nitrogens is 1. The van der Waals surface area contributed by atoms with Crippen LogP contribution in [-0.2, 0) is 0 Å². The van der Waals surface area contributed by atoms with Crippen molar-refractivity contribution < 1.29 is 14.0 Å². The van der Waals surface area contributed by atoms with E-state index in [1.54, 1.807) is 42.5 Å². The van der Waals surface area contributed by atoms with Crippen LogP contribution in [0.5, 0.6) is 0 Å². The Kier molecular flexibility index (Phi) is 4.80. The smallest absolute Gasteiger partial charge is 0.269 e. The second-order valence-electron chi connectivity index (χ2n) is 5.22. The molecule has 1 amide bonds. The molecule has 0 radical (unpaired) electrons. The SMILES string of the molecule is O=C(NNc1ccc(F)nc1)c1cccc(C(=O)c2ccccc2)c1. The van der Waals surface area contributed by atoms with E-state index in [0.29, 0.717) is 22.4 Å². The van der Waals surface area contributed by atoms with Crippen molar-refractivity contribution in [2.24, 2.45) is 0 Å². The number of amides is 1. The van der Waals surface area contributed by atoms with E-state index in [0.717, 1.165) is 0 Å². The summed E-state index contributed by atoms with van der Waals surface area (Å²) in [5.41, 5.74) is 6.84. The van der Waals surface area contributed by atoms with Crippen molar-refractivity contribution in [2.75, 3.05) is 5.43 Å². The fraction of sp³-hybridized carbons (Fsp3) is 0. The third kappa shape index (κ3) is 4.06. The van der Waals surface area contributed by atoms with E-state index in [1.807, 2.05) is 6.07 Å². The van der Waals surface area contributed by atoms with E-state index >= 15 is 0 Å². The first-order valence-electron chi connectivity index (χ1n) is 7.51. The van der Waals surface area contributed by atoms with Gasteiger partial charge in [0.15, 0.2) is 5.78 Å². The maximum Gasteiger partial charge on any atom is 0.269 e. The lowest BCUT2D eigenvalue weighted by atomic mass is 10.0. The van der Waals surface area contributed by atoms with Crippen LogP contribution < -0.4 is 10.9 Å². The van der Waals surface area contributed by atoms with Gasteiger partial charge in [-0.1, -0.05) is 42.5 Å². The molecule has 0 atom stereocenters. The lowest BCUT2D eigenvalue weighted by Crippen LogP contribution is -2.29. The largest absolute Gasteiger partial charge is 0.297 e. The summed E-state index contributed by atoms with van der Waals surface area (Å²) in [6.45, 7) is 0. The number of nitrogens with one attached hydrogen (secondary N) is 2. The molecular formula is C19H14FN3O2. The highest BCUT2D eigenvalue weighted by atomic mass is 19.1. The van der Waals surface area contributed by atoms with Gasteiger partial charge in [-0.25, -0.2) is 4.98 Å². The molecule has 0 bridgehead atoms. The number of carbonyl (C=O) groups is 2. The molecule has 2 aromatic carbocycles. The number of pyridine rings is 1. The van der Waals surface area contributed by atoms with Crippen molar-refractivity contribution in [1.29, 1.82) is 0 Å². The van der Waals surface area contributed by atoms with Gasteiger partial charge in [0.25, 0.3) is 5.91 Å². The van der Waals surface area contributed by atoms with E-state index in [4.69, 9.17) is 0 Å². The van der Waals surface area contributed by atoms with Crippen LogP contribution in [0, 0.1) is 5.95 Å². The lowest BCUT2D eigenvalue weighted by molar-refractivity contribution is 0.0962. The molecule has 1 aromatic heterocycles. The summed E-state index contributed by atoms with van der Waals surface area (Å²) in [4.78, 5) is 28.1. The van der Waals surface area contributed by atoms with Gasteiger partial charge in [-0.05, 0) is 24.3 Å². The lowest BCUT2D eigenvalue weighted by Gasteiger charge is -2.09. The minimum absolute atomic E-state index is 0.161. The van der Waals surface area contributed by atoms with Gasteiger partial charge in [-0.15, -0.1) is 0 Å². The van der Waals surface area contributed by atoms with Crippen LogP contribution in [0.3, 0.4) is 0 Å². The van der Waals surface area contributed by atoms with Crippen molar-refractivity contribution in [3.05, 3.63) is 95.6 Å². The number of hydrogen-bond acceptors (Lipinski definition) is 4. The molecule has 1 heterocycles. The van der Waals surface area contributed by atoms with Crippen LogP contribution in [0.1, 0.15) is 26.3 Å². The number of ketones is 1. The van der Waals surface area contributed by atoms with Crippen LogP contribution in [-0.4, -0.2) is 16.7 Å². The zero-order valence-corrected chi connectivity index (χ0v) is 13.1. The van der Waals surface area contributed by atoms with Gasteiger partial charge in [-0.3, -0.25) is 20.4 Å². The number of carbonyl (C=O) groups excluding carboxylic acids is 2. The quantitative estimate of drug-likeness (QED) is 0.427. The second-order valence-corrected chi connectivity index (χ2v) is 5.22. The van der Waals surface area contributed by atoms with E-state index in [1.165, 1.54) is 24.4 Å². The van der Waals surface area contributed by atoms with Gasteiger partial charge < -0.3 is 0 Å². The standard InChI is InChI=1S/C19H14FN3O2/c20-17-10-9-16(12-21-17)22-23-19(25)15-8-4-7-14(11-15)18(24)13-5-2-1-3-6-13/h1-12,22H,(H,23,25). The summed E-state index contributed by atoms with van der Waals surface area (Å²) in [7, 11) is 0. The first-order valence-corrected chi connectivity index (χ1v) is 7.51. The number of hydrogen-bond donors (Lipinski definition) is 2. The van der Waals surface area contributed by atoms with Crippen LogP contribution in [0.4, 0.5) is 10.1 Å². The highest BCUT2D eigenvalue weighted by Crippen LogP contribution is 2.12. The first-order chi connectivity index (χ1) is 12.1. The van der Waals surface area contributed by atoms with Crippen molar-refractivity contribution in [1.82, 2.24) is 10.4 Å². The highest BCUT2D eigenvalue weighted by molar-refractivity contribution is 6.10. The van der Waals surface area contributed by atoms with Gasteiger partial charge >= 0.3 is 0 Å². The van der Waals surface area contributed by atoms with Gasteiger partial charge in [-0.2, -0.15) is 4.39 Å². The normalized spacial score (nSPS) is 10.1. The molecule has 0 fully saturated rings. The average molecular weight is 335 g/mol. The molecule has 0 saturated heterocycles. The van der Waals surface area contributed by atoms with E-state index in [9.17, 15) is 14.0 Å². The average Bonchev–Trinajstić information content (AvgIpc) is 2.67. The van der Waals surface area contributed by atoms with E-state index in [2.05, 4.69) is 15.8 Å². The molecule has 0 aliphatic heterocycles. The summed E-state index contributed by atoms with van der Waals surface area (Å²) < 4.78 is 12.8. The fourth-order valence-corrected chi connectivity index (χ4v) is 2.21. The predicted octanol–water partition coefficient (Wildman–Crippen LogP) is 3.21. The Labute approximate surface area is 143 Å². The number of nitrogens with zero attached hydrogens (tertiary/aromatic N) is 1. The summed E-state index contributed by atoms with van der Waals surface area (Å²) in [6.07, 6.45) is 1.25. The summed E-state index contributed by atoms with van der Waals surface area (Å²) in [5, 5.41) is 0. The summed E-state index contributed by atoms with van der Waals surface area (Å²) in [5.74, 6) is -1.19. The van der Waals surface area contributed by atoms with Crippen LogP contribution in [0.25, 0.3) is 0 Å². The molecule has 6 heteroatoms. The third-order valence-electron chi connectivity index (χ3n) is 3.47. The fourth-order valence-electron chi connectivity index (χ4n) is 2.21. The Balaban J connectivity index is 1.71. The molecule has 3 rings (SSSR count). The maximum absolute atomic E-state index is 12.8. The minimum Gasteiger partial charge on any atom is -0.297 e.